The summed E-state index contributed by atoms with van der Waals surface area (Å²) in [5, 5.41) is 9.52. The predicted molar refractivity (Wildman–Crippen MR) is 62.7 cm³/mol. The molecule has 0 aromatic carbocycles. The van der Waals surface area contributed by atoms with E-state index in [2.05, 4.69) is 17.2 Å². The number of nitrogens with zero attached hydrogens (tertiary/aromatic N) is 1. The molecule has 0 spiro atoms. The normalized spacial score (nSPS) is 21.0. The number of hydrogen-bond donors (Lipinski definition) is 4. The van der Waals surface area contributed by atoms with Crippen LogP contribution in [-0.4, -0.2) is 18.0 Å². The number of guanidine groups is 2. The fourth-order valence-electron chi connectivity index (χ4n) is 2.11. The molecular formula is C10H21N5. The Bertz CT molecular complexity index is 242. The molecule has 0 aromatic rings. The van der Waals surface area contributed by atoms with E-state index in [-0.39, 0.29) is 18.0 Å². The van der Waals surface area contributed by atoms with E-state index >= 15 is 0 Å². The van der Waals surface area contributed by atoms with Gasteiger partial charge < -0.3 is 11.5 Å². The summed E-state index contributed by atoms with van der Waals surface area (Å²) in [5.41, 5.74) is 10.8. The van der Waals surface area contributed by atoms with Crippen LogP contribution < -0.4 is 16.8 Å². The Morgan fingerprint density at radius 2 is 1.93 bits per heavy atom. The Labute approximate surface area is 90.8 Å². The Morgan fingerprint density at radius 1 is 1.33 bits per heavy atom. The van der Waals surface area contributed by atoms with Gasteiger partial charge in [0.2, 0.25) is 0 Å². The van der Waals surface area contributed by atoms with Crippen LogP contribution in [0.4, 0.5) is 0 Å². The maximum atomic E-state index is 7.02. The van der Waals surface area contributed by atoms with Gasteiger partial charge in [0.1, 0.15) is 0 Å². The zero-order chi connectivity index (χ0) is 11.3. The molecule has 1 aliphatic carbocycles. The van der Waals surface area contributed by atoms with E-state index in [1.807, 2.05) is 0 Å². The van der Waals surface area contributed by atoms with E-state index in [1.54, 1.807) is 0 Å². The molecule has 1 saturated carbocycles. The molecule has 15 heavy (non-hydrogen) atoms. The van der Waals surface area contributed by atoms with Gasteiger partial charge in [-0.15, -0.1) is 0 Å². The highest BCUT2D eigenvalue weighted by atomic mass is 15.2. The number of hydrogen-bond acceptors (Lipinski definition) is 2. The molecule has 1 unspecified atom stereocenters. The highest BCUT2D eigenvalue weighted by Crippen LogP contribution is 2.27. The fraction of sp³-hybridized carbons (Fsp3) is 0.800. The number of aliphatic imine (C=N–C) groups is 1. The summed E-state index contributed by atoms with van der Waals surface area (Å²) < 4.78 is 0. The van der Waals surface area contributed by atoms with Crippen molar-refractivity contribution in [1.29, 1.82) is 5.41 Å². The number of nitrogens with two attached hydrogens (primary N) is 2. The molecule has 86 valence electrons. The summed E-state index contributed by atoms with van der Waals surface area (Å²) in [6, 6.07) is 0.220. The van der Waals surface area contributed by atoms with Crippen LogP contribution in [-0.2, 0) is 0 Å². The van der Waals surface area contributed by atoms with Gasteiger partial charge in [-0.25, -0.2) is 4.99 Å². The van der Waals surface area contributed by atoms with Crippen molar-refractivity contribution in [1.82, 2.24) is 5.32 Å². The lowest BCUT2D eigenvalue weighted by Gasteiger charge is -2.25. The minimum absolute atomic E-state index is 0.160. The summed E-state index contributed by atoms with van der Waals surface area (Å²) in [6.07, 6.45) is 6.40. The Balaban J connectivity index is 2.44. The van der Waals surface area contributed by atoms with E-state index < -0.39 is 0 Å². The molecule has 0 amide bonds. The van der Waals surface area contributed by atoms with Crippen LogP contribution >= 0.6 is 0 Å². The third-order valence-electron chi connectivity index (χ3n) is 2.94. The van der Waals surface area contributed by atoms with Crippen molar-refractivity contribution in [3.8, 4) is 0 Å². The summed E-state index contributed by atoms with van der Waals surface area (Å²) in [4.78, 5) is 4.30. The van der Waals surface area contributed by atoms with E-state index in [0.717, 1.165) is 0 Å². The van der Waals surface area contributed by atoms with Gasteiger partial charge in [0.05, 0.1) is 6.04 Å². The van der Waals surface area contributed by atoms with Crippen molar-refractivity contribution < 1.29 is 0 Å². The molecule has 5 nitrogen and oxygen atoms in total. The average molecular weight is 211 g/mol. The number of rotatable bonds is 2. The van der Waals surface area contributed by atoms with Crippen molar-refractivity contribution in [3.63, 3.8) is 0 Å². The topological polar surface area (TPSA) is 100 Å². The molecular weight excluding hydrogens is 190 g/mol. The maximum Gasteiger partial charge on any atom is 0.195 e. The first-order chi connectivity index (χ1) is 7.09. The smallest absolute Gasteiger partial charge is 0.195 e. The van der Waals surface area contributed by atoms with Gasteiger partial charge in [-0.05, 0) is 25.7 Å². The van der Waals surface area contributed by atoms with Crippen LogP contribution in [0.15, 0.2) is 4.99 Å². The second kappa shape index (κ2) is 5.58. The summed E-state index contributed by atoms with van der Waals surface area (Å²) in [6.45, 7) is 2.07. The SMILES string of the molecule is CC(N=C(N)NC(=N)N)C1CCCCC1. The van der Waals surface area contributed by atoms with Crippen LogP contribution in [0, 0.1) is 11.3 Å². The van der Waals surface area contributed by atoms with Gasteiger partial charge in [-0.2, -0.15) is 0 Å². The third kappa shape index (κ3) is 4.18. The first-order valence-electron chi connectivity index (χ1n) is 5.54. The lowest BCUT2D eigenvalue weighted by molar-refractivity contribution is 0.317. The van der Waals surface area contributed by atoms with Crippen LogP contribution in [0.2, 0.25) is 0 Å². The molecule has 1 rings (SSSR count). The maximum absolute atomic E-state index is 7.02. The quantitative estimate of drug-likeness (QED) is 0.400. The zero-order valence-corrected chi connectivity index (χ0v) is 9.29. The first-order valence-corrected chi connectivity index (χ1v) is 5.54. The van der Waals surface area contributed by atoms with Gasteiger partial charge in [0.15, 0.2) is 11.9 Å². The Morgan fingerprint density at radius 3 is 2.47 bits per heavy atom. The molecule has 1 atom stereocenters. The Hall–Kier alpha value is -1.26. The van der Waals surface area contributed by atoms with Gasteiger partial charge in [0.25, 0.3) is 0 Å². The number of nitrogens with one attached hydrogen (secondary N) is 2. The van der Waals surface area contributed by atoms with Gasteiger partial charge in [-0.1, -0.05) is 19.3 Å². The van der Waals surface area contributed by atoms with Crippen LogP contribution in [0.3, 0.4) is 0 Å². The predicted octanol–water partition coefficient (Wildman–Crippen LogP) is 0.753. The molecule has 5 heteroatoms. The fourth-order valence-corrected chi connectivity index (χ4v) is 2.11. The second-order valence-corrected chi connectivity index (χ2v) is 4.19. The lowest BCUT2D eigenvalue weighted by atomic mass is 9.85. The van der Waals surface area contributed by atoms with Crippen molar-refractivity contribution in [2.24, 2.45) is 22.4 Å². The highest BCUT2D eigenvalue weighted by Gasteiger charge is 2.19. The van der Waals surface area contributed by atoms with Gasteiger partial charge >= 0.3 is 0 Å². The van der Waals surface area contributed by atoms with Gasteiger partial charge in [-0.3, -0.25) is 10.7 Å². The van der Waals surface area contributed by atoms with E-state index in [0.29, 0.717) is 5.92 Å². The van der Waals surface area contributed by atoms with Crippen molar-refractivity contribution in [2.75, 3.05) is 0 Å². The van der Waals surface area contributed by atoms with E-state index in [4.69, 9.17) is 16.9 Å². The van der Waals surface area contributed by atoms with Crippen LogP contribution in [0.1, 0.15) is 39.0 Å². The average Bonchev–Trinajstić information content (AvgIpc) is 2.17. The van der Waals surface area contributed by atoms with Crippen LogP contribution in [0.5, 0.6) is 0 Å². The first kappa shape index (κ1) is 11.8. The molecule has 0 aromatic heterocycles. The van der Waals surface area contributed by atoms with Crippen molar-refractivity contribution >= 4 is 11.9 Å². The van der Waals surface area contributed by atoms with Crippen LogP contribution in [0.25, 0.3) is 0 Å². The molecule has 1 fully saturated rings. The van der Waals surface area contributed by atoms with Crippen molar-refractivity contribution in [3.05, 3.63) is 0 Å². The van der Waals surface area contributed by atoms with Gasteiger partial charge in [0, 0.05) is 0 Å². The monoisotopic (exact) mass is 211 g/mol. The summed E-state index contributed by atoms with van der Waals surface area (Å²) in [5.74, 6) is 0.721. The summed E-state index contributed by atoms with van der Waals surface area (Å²) >= 11 is 0. The van der Waals surface area contributed by atoms with E-state index in [9.17, 15) is 0 Å². The standard InChI is InChI=1S/C10H21N5/c1-7(8-5-3-2-4-6-8)14-10(13)15-9(11)12/h7-8H,2-6H2,1H3,(H6,11,12,13,14,15). The molecule has 6 N–H and O–H groups in total. The minimum Gasteiger partial charge on any atom is -0.370 e. The minimum atomic E-state index is -0.160. The molecule has 0 aliphatic heterocycles. The molecule has 0 heterocycles. The molecule has 0 radical (unpaired) electrons. The Kier molecular flexibility index (Phi) is 4.39. The molecule has 1 aliphatic rings. The highest BCUT2D eigenvalue weighted by molar-refractivity contribution is 5.95. The second-order valence-electron chi connectivity index (χ2n) is 4.19. The third-order valence-corrected chi connectivity index (χ3v) is 2.94. The molecule has 0 bridgehead atoms. The lowest BCUT2D eigenvalue weighted by Crippen LogP contribution is -2.41. The zero-order valence-electron chi connectivity index (χ0n) is 9.29. The van der Waals surface area contributed by atoms with E-state index in [1.165, 1.54) is 32.1 Å². The van der Waals surface area contributed by atoms with Crippen molar-refractivity contribution in [2.45, 2.75) is 45.1 Å². The molecule has 0 saturated heterocycles. The largest absolute Gasteiger partial charge is 0.370 e. The summed E-state index contributed by atoms with van der Waals surface area (Å²) in [7, 11) is 0.